The van der Waals surface area contributed by atoms with E-state index in [1.165, 1.54) is 51.7 Å². The number of nitrogens with one attached hydrogen (secondary N) is 2. The Morgan fingerprint density at radius 1 is 0.698 bits per heavy atom. The van der Waals surface area contributed by atoms with E-state index in [1.807, 2.05) is 0 Å². The highest BCUT2D eigenvalue weighted by molar-refractivity contribution is 6.11. The van der Waals surface area contributed by atoms with Gasteiger partial charge in [-0.1, -0.05) is 36.4 Å². The van der Waals surface area contributed by atoms with Crippen LogP contribution in [0, 0.1) is 5.82 Å². The van der Waals surface area contributed by atoms with Gasteiger partial charge in [0.25, 0.3) is 11.8 Å². The molecule has 0 saturated carbocycles. The van der Waals surface area contributed by atoms with Gasteiger partial charge in [-0.15, -0.1) is 0 Å². The molecule has 0 radical (unpaired) electrons. The number of anilines is 1. The number of halogens is 1. The molecule has 8 nitrogen and oxygen atoms in total. The number of carbonyl (C=O) groups excluding carboxylic acids is 3. The van der Waals surface area contributed by atoms with Crippen molar-refractivity contribution < 1.29 is 33.0 Å². The third-order valence-corrected chi connectivity index (χ3v) is 6.31. The number of benzene rings is 4. The monoisotopic (exact) mass is 580 g/mol. The minimum atomic E-state index is -0.674. The highest BCUT2D eigenvalue weighted by Gasteiger charge is 2.16. The molecule has 4 aromatic carbocycles. The summed E-state index contributed by atoms with van der Waals surface area (Å²) >= 11 is 0. The van der Waals surface area contributed by atoms with Crippen LogP contribution in [-0.2, 0) is 4.79 Å². The Bertz CT molecular complexity index is 1680. The van der Waals surface area contributed by atoms with E-state index >= 15 is 0 Å². The van der Waals surface area contributed by atoms with Crippen molar-refractivity contribution in [2.45, 2.75) is 0 Å². The number of methoxy groups -OCH3 is 3. The Balaban J connectivity index is 1.51. The molecule has 0 aliphatic carbocycles. The van der Waals surface area contributed by atoms with Crippen LogP contribution in [0.5, 0.6) is 17.2 Å². The normalized spacial score (nSPS) is 11.1. The van der Waals surface area contributed by atoms with Crippen molar-refractivity contribution in [3.63, 3.8) is 0 Å². The zero-order valence-corrected chi connectivity index (χ0v) is 23.7. The zero-order chi connectivity index (χ0) is 30.8. The van der Waals surface area contributed by atoms with Crippen LogP contribution in [0.1, 0.15) is 31.8 Å². The van der Waals surface area contributed by atoms with Crippen LogP contribution >= 0.6 is 0 Å². The van der Waals surface area contributed by atoms with Gasteiger partial charge in [-0.05, 0) is 66.8 Å². The van der Waals surface area contributed by atoms with Gasteiger partial charge in [0, 0.05) is 34.0 Å². The quantitative estimate of drug-likeness (QED) is 0.163. The van der Waals surface area contributed by atoms with Gasteiger partial charge in [-0.3, -0.25) is 14.4 Å². The van der Waals surface area contributed by atoms with Gasteiger partial charge in [0.2, 0.25) is 0 Å². The van der Waals surface area contributed by atoms with Crippen molar-refractivity contribution in [3.05, 3.63) is 131 Å². The van der Waals surface area contributed by atoms with Crippen molar-refractivity contribution in [2.75, 3.05) is 26.6 Å². The van der Waals surface area contributed by atoms with Crippen molar-refractivity contribution in [1.29, 1.82) is 0 Å². The van der Waals surface area contributed by atoms with E-state index in [4.69, 9.17) is 14.2 Å². The summed E-state index contributed by atoms with van der Waals surface area (Å²) in [4.78, 5) is 38.9. The maximum Gasteiger partial charge on any atom is 0.272 e. The van der Waals surface area contributed by atoms with Gasteiger partial charge in [0.1, 0.15) is 17.3 Å². The second kappa shape index (κ2) is 14.3. The van der Waals surface area contributed by atoms with Crippen LogP contribution in [0.2, 0.25) is 0 Å². The molecule has 0 heterocycles. The Morgan fingerprint density at radius 3 is 1.98 bits per heavy atom. The first-order chi connectivity index (χ1) is 20.8. The lowest BCUT2D eigenvalue weighted by Crippen LogP contribution is -2.30. The van der Waals surface area contributed by atoms with Gasteiger partial charge < -0.3 is 24.8 Å². The molecule has 0 fully saturated rings. The lowest BCUT2D eigenvalue weighted by atomic mass is 10.1. The molecular weight excluding hydrogens is 551 g/mol. The molecule has 43 heavy (non-hydrogen) atoms. The van der Waals surface area contributed by atoms with E-state index in [0.717, 1.165) is 0 Å². The average molecular weight is 581 g/mol. The molecule has 9 heteroatoms. The lowest BCUT2D eigenvalue weighted by Gasteiger charge is -2.12. The molecule has 4 rings (SSSR count). The van der Waals surface area contributed by atoms with Crippen LogP contribution < -0.4 is 24.8 Å². The van der Waals surface area contributed by atoms with Gasteiger partial charge in [0.15, 0.2) is 17.3 Å². The second-order valence-corrected chi connectivity index (χ2v) is 9.08. The number of amides is 2. The Labute approximate surface area is 248 Å². The van der Waals surface area contributed by atoms with E-state index in [-0.39, 0.29) is 17.0 Å². The Hall–Kier alpha value is -5.70. The summed E-state index contributed by atoms with van der Waals surface area (Å²) in [5, 5.41) is 5.25. The first-order valence-corrected chi connectivity index (χ1v) is 13.1. The molecule has 4 aromatic rings. The largest absolute Gasteiger partial charge is 0.496 e. The minimum absolute atomic E-state index is 0.125. The lowest BCUT2D eigenvalue weighted by molar-refractivity contribution is -0.113. The first kappa shape index (κ1) is 30.3. The summed E-state index contributed by atoms with van der Waals surface area (Å²) in [5.41, 5.74) is 1.64. The topological polar surface area (TPSA) is 103 Å². The molecule has 0 aromatic heterocycles. The predicted molar refractivity (Wildman–Crippen MR) is 163 cm³/mol. The molecule has 0 bridgehead atoms. The smallest absolute Gasteiger partial charge is 0.272 e. The minimum Gasteiger partial charge on any atom is -0.496 e. The molecule has 0 spiro atoms. The fraction of sp³-hybridized carbons (Fsp3) is 0.0882. The van der Waals surface area contributed by atoms with Crippen LogP contribution in [0.3, 0.4) is 0 Å². The molecule has 0 atom stereocenters. The van der Waals surface area contributed by atoms with Gasteiger partial charge in [0.05, 0.1) is 21.3 Å². The highest BCUT2D eigenvalue weighted by atomic mass is 19.1. The summed E-state index contributed by atoms with van der Waals surface area (Å²) in [7, 11) is 4.54. The van der Waals surface area contributed by atoms with E-state index in [1.54, 1.807) is 78.9 Å². The summed E-state index contributed by atoms with van der Waals surface area (Å²) in [5.74, 6) is -0.568. The Kier molecular flexibility index (Phi) is 10.0. The van der Waals surface area contributed by atoms with Crippen LogP contribution in [0.4, 0.5) is 10.1 Å². The second-order valence-electron chi connectivity index (χ2n) is 9.08. The number of allylic oxidation sites excluding steroid dienone is 1. The summed E-state index contributed by atoms with van der Waals surface area (Å²) in [6.45, 7) is 0. The fourth-order valence-corrected chi connectivity index (χ4v) is 4.05. The molecule has 0 aliphatic rings. The van der Waals surface area contributed by atoms with Crippen LogP contribution in [-0.4, -0.2) is 38.9 Å². The van der Waals surface area contributed by atoms with E-state index < -0.39 is 17.6 Å². The molecule has 2 N–H and O–H groups in total. The van der Waals surface area contributed by atoms with Gasteiger partial charge in [-0.2, -0.15) is 0 Å². The van der Waals surface area contributed by atoms with Gasteiger partial charge >= 0.3 is 0 Å². The maximum absolute atomic E-state index is 14.4. The highest BCUT2D eigenvalue weighted by Crippen LogP contribution is 2.35. The van der Waals surface area contributed by atoms with Crippen molar-refractivity contribution >= 4 is 35.4 Å². The number of carbonyl (C=O) groups is 3. The molecule has 2 amide bonds. The molecular formula is C34H29FN2O6. The number of hydrogen-bond acceptors (Lipinski definition) is 6. The SMILES string of the molecule is COc1cc(OC)c(OC)cc1/C=C/C(=O)c1ccc(NC(=O)/C(=C/c2ccccc2F)NC(=O)c2ccccc2)cc1. The van der Waals surface area contributed by atoms with Crippen molar-refractivity contribution in [2.24, 2.45) is 0 Å². The van der Waals surface area contributed by atoms with Gasteiger partial charge in [-0.25, -0.2) is 4.39 Å². The molecule has 0 aliphatic heterocycles. The standard InChI is InChI=1S/C34H29FN2O6/c1-41-30-21-32(43-3)31(42-2)20-25(30)15-18-29(38)22-13-16-26(17-14-22)36-34(40)28(19-24-11-7-8-12-27(24)35)37-33(39)23-9-5-4-6-10-23/h4-21H,1-3H3,(H,36,40)(H,37,39)/b18-15+,28-19-. The number of rotatable bonds is 11. The molecule has 218 valence electrons. The number of hydrogen-bond donors (Lipinski definition) is 2. The van der Waals surface area contributed by atoms with Crippen molar-refractivity contribution in [1.82, 2.24) is 5.32 Å². The van der Waals surface area contributed by atoms with E-state index in [9.17, 15) is 18.8 Å². The average Bonchev–Trinajstić information content (AvgIpc) is 3.04. The summed E-state index contributed by atoms with van der Waals surface area (Å²) < 4.78 is 30.4. The molecule has 0 unspecified atom stereocenters. The Morgan fingerprint density at radius 2 is 1.33 bits per heavy atom. The first-order valence-electron chi connectivity index (χ1n) is 13.1. The predicted octanol–water partition coefficient (Wildman–Crippen LogP) is 6.16. The van der Waals surface area contributed by atoms with Crippen LogP contribution in [0.25, 0.3) is 12.2 Å². The van der Waals surface area contributed by atoms with E-state index in [0.29, 0.717) is 39.6 Å². The summed E-state index contributed by atoms with van der Waals surface area (Å²) in [6, 6.07) is 23.8. The third-order valence-electron chi connectivity index (χ3n) is 6.31. The molecule has 0 saturated heterocycles. The number of ether oxygens (including phenoxy) is 3. The van der Waals surface area contributed by atoms with Crippen molar-refractivity contribution in [3.8, 4) is 17.2 Å². The van der Waals surface area contributed by atoms with Crippen LogP contribution in [0.15, 0.2) is 103 Å². The summed E-state index contributed by atoms with van der Waals surface area (Å²) in [6.07, 6.45) is 4.26. The zero-order valence-electron chi connectivity index (χ0n) is 23.7. The maximum atomic E-state index is 14.4. The fourth-order valence-electron chi connectivity index (χ4n) is 4.05. The number of ketones is 1. The van der Waals surface area contributed by atoms with E-state index in [2.05, 4.69) is 10.6 Å². The third kappa shape index (κ3) is 7.74.